The Bertz CT molecular complexity index is 753. The Morgan fingerprint density at radius 2 is 1.57 bits per heavy atom. The summed E-state index contributed by atoms with van der Waals surface area (Å²) < 4.78 is 0. The van der Waals surface area contributed by atoms with E-state index >= 15 is 0 Å². The molecule has 0 aromatic heterocycles. The third kappa shape index (κ3) is 4.47. The molecule has 3 heteroatoms. The molecule has 4 rings (SSSR count). The standard InChI is InChI=1S/C25H32N2O/c1-26(25(28)23-10-6-3-7-11-23)24-13-12-20(18-24)19-27-16-14-22(15-17-27)21-8-4-2-5-9-21/h2-11,20,22,24H,12-19H2,1H3. The zero-order valence-corrected chi connectivity index (χ0v) is 17.0. The molecule has 1 aliphatic carbocycles. The third-order valence-electron chi connectivity index (χ3n) is 6.78. The smallest absolute Gasteiger partial charge is 0.253 e. The summed E-state index contributed by atoms with van der Waals surface area (Å²) in [5.41, 5.74) is 2.31. The van der Waals surface area contributed by atoms with E-state index in [1.54, 1.807) is 0 Å². The molecule has 148 valence electrons. The molecule has 2 aromatic rings. The molecule has 2 aliphatic rings. The third-order valence-corrected chi connectivity index (χ3v) is 6.78. The fourth-order valence-corrected chi connectivity index (χ4v) is 5.06. The summed E-state index contributed by atoms with van der Waals surface area (Å²) in [6.07, 6.45) is 6.07. The molecular formula is C25H32N2O. The molecule has 3 nitrogen and oxygen atoms in total. The van der Waals surface area contributed by atoms with Crippen LogP contribution in [0.5, 0.6) is 0 Å². The van der Waals surface area contributed by atoms with Gasteiger partial charge in [-0.15, -0.1) is 0 Å². The van der Waals surface area contributed by atoms with Crippen molar-refractivity contribution < 1.29 is 4.79 Å². The van der Waals surface area contributed by atoms with Crippen LogP contribution >= 0.6 is 0 Å². The van der Waals surface area contributed by atoms with Gasteiger partial charge in [-0.2, -0.15) is 0 Å². The Kier molecular flexibility index (Phi) is 6.11. The van der Waals surface area contributed by atoms with Crippen LogP contribution in [0.15, 0.2) is 60.7 Å². The quantitative estimate of drug-likeness (QED) is 0.748. The molecule has 1 amide bonds. The van der Waals surface area contributed by atoms with Gasteiger partial charge < -0.3 is 9.80 Å². The van der Waals surface area contributed by atoms with E-state index in [4.69, 9.17) is 0 Å². The molecule has 28 heavy (non-hydrogen) atoms. The minimum atomic E-state index is 0.162. The molecule has 0 spiro atoms. The van der Waals surface area contributed by atoms with Gasteiger partial charge in [-0.1, -0.05) is 48.5 Å². The first kappa shape index (κ1) is 19.2. The maximum absolute atomic E-state index is 12.7. The van der Waals surface area contributed by atoms with Crippen LogP contribution in [0.25, 0.3) is 0 Å². The van der Waals surface area contributed by atoms with Crippen LogP contribution in [0, 0.1) is 5.92 Å². The number of likely N-dealkylation sites (tertiary alicyclic amines) is 1. The fraction of sp³-hybridized carbons (Fsp3) is 0.480. The van der Waals surface area contributed by atoms with Crippen LogP contribution in [0.2, 0.25) is 0 Å². The topological polar surface area (TPSA) is 23.6 Å². The van der Waals surface area contributed by atoms with Crippen LogP contribution in [0.3, 0.4) is 0 Å². The summed E-state index contributed by atoms with van der Waals surface area (Å²) in [6.45, 7) is 3.62. The van der Waals surface area contributed by atoms with Crippen molar-refractivity contribution in [1.82, 2.24) is 9.80 Å². The summed E-state index contributed by atoms with van der Waals surface area (Å²) in [7, 11) is 1.98. The molecule has 1 saturated heterocycles. The van der Waals surface area contributed by atoms with Gasteiger partial charge in [0, 0.05) is 25.2 Å². The van der Waals surface area contributed by atoms with E-state index in [-0.39, 0.29) is 5.91 Å². The number of hydrogen-bond donors (Lipinski definition) is 0. The number of amides is 1. The molecular weight excluding hydrogens is 344 g/mol. The van der Waals surface area contributed by atoms with Crippen molar-refractivity contribution in [2.45, 2.75) is 44.1 Å². The summed E-state index contributed by atoms with van der Waals surface area (Å²) in [5.74, 6) is 1.61. The van der Waals surface area contributed by atoms with Gasteiger partial charge in [0.15, 0.2) is 0 Å². The second-order valence-corrected chi connectivity index (χ2v) is 8.60. The van der Waals surface area contributed by atoms with E-state index in [0.29, 0.717) is 6.04 Å². The first-order valence-corrected chi connectivity index (χ1v) is 10.8. The summed E-state index contributed by atoms with van der Waals surface area (Å²) in [6, 6.07) is 21.1. The Morgan fingerprint density at radius 3 is 2.25 bits per heavy atom. The lowest BCUT2D eigenvalue weighted by molar-refractivity contribution is 0.0729. The molecule has 0 N–H and O–H groups in total. The lowest BCUT2D eigenvalue weighted by atomic mass is 9.89. The maximum Gasteiger partial charge on any atom is 0.253 e. The van der Waals surface area contributed by atoms with Crippen molar-refractivity contribution in [3.8, 4) is 0 Å². The summed E-state index contributed by atoms with van der Waals surface area (Å²) >= 11 is 0. The van der Waals surface area contributed by atoms with Crippen LogP contribution in [0.4, 0.5) is 0 Å². The van der Waals surface area contributed by atoms with E-state index in [9.17, 15) is 4.79 Å². The Morgan fingerprint density at radius 1 is 0.929 bits per heavy atom. The molecule has 2 atom stereocenters. The van der Waals surface area contributed by atoms with Gasteiger partial charge in [-0.05, 0) is 74.7 Å². The highest BCUT2D eigenvalue weighted by Crippen LogP contribution is 2.33. The van der Waals surface area contributed by atoms with Crippen molar-refractivity contribution in [2.24, 2.45) is 5.92 Å². The van der Waals surface area contributed by atoms with Crippen molar-refractivity contribution in [3.05, 3.63) is 71.8 Å². The Hall–Kier alpha value is -2.13. The summed E-state index contributed by atoms with van der Waals surface area (Å²) in [4.78, 5) is 17.4. The first-order valence-electron chi connectivity index (χ1n) is 10.8. The number of carbonyl (C=O) groups is 1. The highest BCUT2D eigenvalue weighted by atomic mass is 16.2. The van der Waals surface area contributed by atoms with Gasteiger partial charge in [0.1, 0.15) is 0 Å². The predicted molar refractivity (Wildman–Crippen MR) is 115 cm³/mol. The minimum Gasteiger partial charge on any atom is -0.339 e. The molecule has 2 unspecified atom stereocenters. The zero-order valence-electron chi connectivity index (χ0n) is 17.0. The number of hydrogen-bond acceptors (Lipinski definition) is 2. The van der Waals surface area contributed by atoms with E-state index in [2.05, 4.69) is 35.2 Å². The van der Waals surface area contributed by atoms with Gasteiger partial charge in [-0.3, -0.25) is 4.79 Å². The first-order chi connectivity index (χ1) is 13.7. The Labute approximate surface area is 169 Å². The van der Waals surface area contributed by atoms with Crippen molar-refractivity contribution in [3.63, 3.8) is 0 Å². The molecule has 1 heterocycles. The van der Waals surface area contributed by atoms with Gasteiger partial charge in [0.05, 0.1) is 0 Å². The molecule has 1 saturated carbocycles. The van der Waals surface area contributed by atoms with Gasteiger partial charge in [-0.25, -0.2) is 0 Å². The minimum absolute atomic E-state index is 0.162. The predicted octanol–water partition coefficient (Wildman–Crippen LogP) is 4.81. The van der Waals surface area contributed by atoms with Crippen molar-refractivity contribution in [1.29, 1.82) is 0 Å². The molecule has 2 aromatic carbocycles. The number of carbonyl (C=O) groups excluding carboxylic acids is 1. The normalized spacial score (nSPS) is 23.6. The number of nitrogens with zero attached hydrogens (tertiary/aromatic N) is 2. The lowest BCUT2D eigenvalue weighted by Gasteiger charge is -2.34. The van der Waals surface area contributed by atoms with Gasteiger partial charge >= 0.3 is 0 Å². The lowest BCUT2D eigenvalue weighted by Crippen LogP contribution is -2.38. The number of piperidine rings is 1. The average molecular weight is 377 g/mol. The number of rotatable bonds is 5. The fourth-order valence-electron chi connectivity index (χ4n) is 5.06. The SMILES string of the molecule is CN(C(=O)c1ccccc1)C1CCC(CN2CCC(c3ccccc3)CC2)C1. The van der Waals surface area contributed by atoms with Gasteiger partial charge in [0.2, 0.25) is 0 Å². The molecule has 0 bridgehead atoms. The van der Waals surface area contributed by atoms with Crippen molar-refractivity contribution in [2.75, 3.05) is 26.7 Å². The molecule has 0 radical (unpaired) electrons. The average Bonchev–Trinajstić information content (AvgIpc) is 3.23. The van der Waals surface area contributed by atoms with Crippen molar-refractivity contribution >= 4 is 5.91 Å². The zero-order chi connectivity index (χ0) is 19.3. The van der Waals surface area contributed by atoms with Gasteiger partial charge in [0.25, 0.3) is 5.91 Å². The van der Waals surface area contributed by atoms with Crippen LogP contribution in [-0.2, 0) is 0 Å². The Balaban J connectivity index is 1.25. The van der Waals surface area contributed by atoms with E-state index < -0.39 is 0 Å². The number of benzene rings is 2. The van der Waals surface area contributed by atoms with Crippen LogP contribution < -0.4 is 0 Å². The molecule has 2 fully saturated rings. The van der Waals surface area contributed by atoms with E-state index in [1.165, 1.54) is 44.5 Å². The highest BCUT2D eigenvalue weighted by molar-refractivity contribution is 5.94. The maximum atomic E-state index is 12.7. The van der Waals surface area contributed by atoms with E-state index in [1.807, 2.05) is 42.3 Å². The second kappa shape index (κ2) is 8.91. The highest BCUT2D eigenvalue weighted by Gasteiger charge is 2.32. The monoisotopic (exact) mass is 376 g/mol. The second-order valence-electron chi connectivity index (χ2n) is 8.60. The van der Waals surface area contributed by atoms with Crippen LogP contribution in [0.1, 0.15) is 53.9 Å². The van der Waals surface area contributed by atoms with Crippen LogP contribution in [-0.4, -0.2) is 48.4 Å². The van der Waals surface area contributed by atoms with E-state index in [0.717, 1.165) is 30.2 Å². The largest absolute Gasteiger partial charge is 0.339 e. The summed E-state index contributed by atoms with van der Waals surface area (Å²) in [5, 5.41) is 0. The molecule has 1 aliphatic heterocycles.